The van der Waals surface area contributed by atoms with Gasteiger partial charge in [-0.3, -0.25) is 10.2 Å². The summed E-state index contributed by atoms with van der Waals surface area (Å²) in [4.78, 5) is 12.0. The van der Waals surface area contributed by atoms with Crippen molar-refractivity contribution in [2.75, 3.05) is 5.73 Å². The van der Waals surface area contributed by atoms with E-state index in [4.69, 9.17) is 23.2 Å². The van der Waals surface area contributed by atoms with Gasteiger partial charge in [-0.15, -0.1) is 11.8 Å². The summed E-state index contributed by atoms with van der Waals surface area (Å²) < 4.78 is 0. The Morgan fingerprint density at radius 2 is 2.27 bits per heavy atom. The van der Waals surface area contributed by atoms with Crippen molar-refractivity contribution in [3.8, 4) is 0 Å². The van der Waals surface area contributed by atoms with Gasteiger partial charge in [-0.2, -0.15) is 0 Å². The van der Waals surface area contributed by atoms with Crippen LogP contribution in [0.2, 0.25) is 5.02 Å². The Kier molecular flexibility index (Phi) is 4.26. The smallest absolute Gasteiger partial charge is 0.247 e. The van der Waals surface area contributed by atoms with E-state index in [0.29, 0.717) is 10.7 Å². The van der Waals surface area contributed by atoms with Crippen LogP contribution in [0.15, 0.2) is 23.1 Å². The summed E-state index contributed by atoms with van der Waals surface area (Å²) in [6.45, 7) is 1.75. The summed E-state index contributed by atoms with van der Waals surface area (Å²) in [6, 6.07) is 5.17. The molecular formula is C9H12ClN3OS. The quantitative estimate of drug-likeness (QED) is 0.247. The zero-order chi connectivity index (χ0) is 11.4. The monoisotopic (exact) mass is 245 g/mol. The van der Waals surface area contributed by atoms with Crippen molar-refractivity contribution in [3.05, 3.63) is 23.2 Å². The number of anilines is 1. The van der Waals surface area contributed by atoms with Gasteiger partial charge in [0.2, 0.25) is 5.91 Å². The minimum Gasteiger partial charge on any atom is -0.399 e. The van der Waals surface area contributed by atoms with Crippen LogP contribution in [0.1, 0.15) is 6.92 Å². The van der Waals surface area contributed by atoms with Crippen LogP contribution in [0, 0.1) is 0 Å². The lowest BCUT2D eigenvalue weighted by Crippen LogP contribution is -2.36. The summed E-state index contributed by atoms with van der Waals surface area (Å²) in [5, 5.41) is 0.243. The molecule has 1 unspecified atom stereocenters. The lowest BCUT2D eigenvalue weighted by atomic mass is 10.3. The van der Waals surface area contributed by atoms with Crippen LogP contribution >= 0.6 is 23.4 Å². The Bertz CT molecular complexity index is 372. The molecule has 0 radical (unpaired) electrons. The van der Waals surface area contributed by atoms with E-state index in [2.05, 4.69) is 5.43 Å². The van der Waals surface area contributed by atoms with E-state index in [9.17, 15) is 4.79 Å². The van der Waals surface area contributed by atoms with Gasteiger partial charge in [0.1, 0.15) is 0 Å². The number of hydrogen-bond acceptors (Lipinski definition) is 4. The van der Waals surface area contributed by atoms with Gasteiger partial charge < -0.3 is 5.73 Å². The van der Waals surface area contributed by atoms with Gasteiger partial charge >= 0.3 is 0 Å². The maximum atomic E-state index is 11.2. The predicted octanol–water partition coefficient (Wildman–Crippen LogP) is 1.39. The van der Waals surface area contributed by atoms with Crippen molar-refractivity contribution in [1.29, 1.82) is 0 Å². The molecule has 15 heavy (non-hydrogen) atoms. The molecule has 0 aliphatic carbocycles. The molecule has 0 aliphatic heterocycles. The van der Waals surface area contributed by atoms with Gasteiger partial charge in [-0.25, -0.2) is 5.84 Å². The van der Waals surface area contributed by atoms with Crippen LogP contribution in [0.25, 0.3) is 0 Å². The Hall–Kier alpha value is -0.910. The molecule has 1 atom stereocenters. The molecule has 0 aromatic heterocycles. The Labute approximate surface area is 97.3 Å². The van der Waals surface area contributed by atoms with Gasteiger partial charge in [0.25, 0.3) is 0 Å². The van der Waals surface area contributed by atoms with Gasteiger partial charge in [0.15, 0.2) is 0 Å². The van der Waals surface area contributed by atoms with Gasteiger partial charge in [-0.1, -0.05) is 11.6 Å². The summed E-state index contributed by atoms with van der Waals surface area (Å²) in [5.41, 5.74) is 8.24. The number of thioether (sulfide) groups is 1. The molecule has 1 rings (SSSR count). The van der Waals surface area contributed by atoms with Gasteiger partial charge in [0, 0.05) is 10.6 Å². The van der Waals surface area contributed by atoms with Gasteiger partial charge in [-0.05, 0) is 25.1 Å². The lowest BCUT2D eigenvalue weighted by molar-refractivity contribution is -0.120. The number of benzene rings is 1. The largest absolute Gasteiger partial charge is 0.399 e. The number of rotatable bonds is 3. The number of carbonyl (C=O) groups excluding carboxylic acids is 1. The average Bonchev–Trinajstić information content (AvgIpc) is 2.20. The highest BCUT2D eigenvalue weighted by atomic mass is 35.5. The van der Waals surface area contributed by atoms with Crippen LogP contribution in [0.5, 0.6) is 0 Å². The lowest BCUT2D eigenvalue weighted by Gasteiger charge is -2.10. The highest BCUT2D eigenvalue weighted by Crippen LogP contribution is 2.31. The van der Waals surface area contributed by atoms with Crippen molar-refractivity contribution in [3.63, 3.8) is 0 Å². The molecule has 0 saturated heterocycles. The Morgan fingerprint density at radius 1 is 1.60 bits per heavy atom. The van der Waals surface area contributed by atoms with Gasteiger partial charge in [0.05, 0.1) is 10.3 Å². The number of hydrazine groups is 1. The minimum atomic E-state index is -0.295. The second-order valence-electron chi connectivity index (χ2n) is 2.96. The van der Waals surface area contributed by atoms with Crippen molar-refractivity contribution >= 4 is 35.0 Å². The van der Waals surface area contributed by atoms with Crippen LogP contribution in [-0.2, 0) is 4.79 Å². The number of nitrogens with two attached hydrogens (primary N) is 2. The Balaban J connectivity index is 2.76. The molecule has 0 aliphatic rings. The first-order valence-corrected chi connectivity index (χ1v) is 5.52. The molecule has 5 N–H and O–H groups in total. The van der Waals surface area contributed by atoms with E-state index >= 15 is 0 Å². The van der Waals surface area contributed by atoms with Crippen molar-refractivity contribution in [2.45, 2.75) is 17.1 Å². The van der Waals surface area contributed by atoms with E-state index in [1.165, 1.54) is 11.8 Å². The zero-order valence-electron chi connectivity index (χ0n) is 8.16. The third-order valence-corrected chi connectivity index (χ3v) is 3.37. The summed E-state index contributed by atoms with van der Waals surface area (Å²) in [6.07, 6.45) is 0. The van der Waals surface area contributed by atoms with E-state index < -0.39 is 0 Å². The highest BCUT2D eigenvalue weighted by molar-refractivity contribution is 8.00. The fourth-order valence-electron chi connectivity index (χ4n) is 0.974. The van der Waals surface area contributed by atoms with E-state index in [0.717, 1.165) is 4.90 Å². The van der Waals surface area contributed by atoms with Crippen molar-refractivity contribution in [2.24, 2.45) is 5.84 Å². The van der Waals surface area contributed by atoms with E-state index in [1.807, 2.05) is 0 Å². The number of nitrogen functional groups attached to an aromatic ring is 1. The number of nitrogens with one attached hydrogen (secondary N) is 1. The molecule has 0 bridgehead atoms. The zero-order valence-corrected chi connectivity index (χ0v) is 9.73. The summed E-state index contributed by atoms with van der Waals surface area (Å²) >= 11 is 7.29. The molecule has 0 heterocycles. The third-order valence-electron chi connectivity index (χ3n) is 1.77. The van der Waals surface area contributed by atoms with Crippen LogP contribution in [0.4, 0.5) is 5.69 Å². The molecule has 82 valence electrons. The average molecular weight is 246 g/mol. The highest BCUT2D eigenvalue weighted by Gasteiger charge is 2.14. The molecule has 1 aromatic rings. The van der Waals surface area contributed by atoms with Crippen molar-refractivity contribution < 1.29 is 4.79 Å². The third kappa shape index (κ3) is 3.30. The molecule has 0 fully saturated rings. The molecule has 1 amide bonds. The second kappa shape index (κ2) is 5.25. The van der Waals surface area contributed by atoms with Crippen LogP contribution < -0.4 is 17.0 Å². The SMILES string of the molecule is CC(Sc1ccc(N)cc1Cl)C(=O)NN. The number of amides is 1. The van der Waals surface area contributed by atoms with Crippen LogP contribution in [-0.4, -0.2) is 11.2 Å². The maximum absolute atomic E-state index is 11.2. The fraction of sp³-hybridized carbons (Fsp3) is 0.222. The molecule has 0 saturated carbocycles. The summed E-state index contributed by atoms with van der Waals surface area (Å²) in [5.74, 6) is 4.78. The molecule has 4 nitrogen and oxygen atoms in total. The molecule has 1 aromatic carbocycles. The molecular weight excluding hydrogens is 234 g/mol. The fourth-order valence-corrected chi connectivity index (χ4v) is 2.17. The molecule has 6 heteroatoms. The first-order valence-electron chi connectivity index (χ1n) is 4.26. The second-order valence-corrected chi connectivity index (χ2v) is 4.75. The normalized spacial score (nSPS) is 12.2. The van der Waals surface area contributed by atoms with Crippen molar-refractivity contribution in [1.82, 2.24) is 5.43 Å². The Morgan fingerprint density at radius 3 is 2.80 bits per heavy atom. The number of carbonyl (C=O) groups is 1. The topological polar surface area (TPSA) is 81.1 Å². The minimum absolute atomic E-state index is 0.243. The first-order chi connectivity index (χ1) is 7.04. The first kappa shape index (κ1) is 12.2. The van der Waals surface area contributed by atoms with E-state index in [-0.39, 0.29) is 11.2 Å². The van der Waals surface area contributed by atoms with E-state index in [1.54, 1.807) is 25.1 Å². The molecule has 0 spiro atoms. The maximum Gasteiger partial charge on any atom is 0.247 e. The number of halogens is 1. The standard InChI is InChI=1S/C9H12ClN3OS/c1-5(9(14)13-12)15-8-3-2-6(11)4-7(8)10/h2-5H,11-12H2,1H3,(H,13,14). The van der Waals surface area contributed by atoms with Crippen LogP contribution in [0.3, 0.4) is 0 Å². The summed E-state index contributed by atoms with van der Waals surface area (Å²) in [7, 11) is 0. The number of hydrogen-bond donors (Lipinski definition) is 3. The predicted molar refractivity (Wildman–Crippen MR) is 63.5 cm³/mol.